The van der Waals surface area contributed by atoms with E-state index in [2.05, 4.69) is 0 Å². The molecule has 1 unspecified atom stereocenters. The Hall–Kier alpha value is -2.91. The number of nitrogens with zero attached hydrogens (tertiary/aromatic N) is 3. The van der Waals surface area contributed by atoms with Crippen molar-refractivity contribution in [3.8, 4) is 6.07 Å². The van der Waals surface area contributed by atoms with E-state index in [0.29, 0.717) is 37.4 Å². The number of anilines is 1. The van der Waals surface area contributed by atoms with Crippen molar-refractivity contribution >= 4 is 11.6 Å². The maximum absolute atomic E-state index is 14.1. The normalized spacial score (nSPS) is 15.6. The average molecular weight is 339 g/mol. The van der Waals surface area contributed by atoms with Gasteiger partial charge in [0.25, 0.3) is 5.91 Å². The van der Waals surface area contributed by atoms with Crippen LogP contribution in [0.15, 0.2) is 48.5 Å². The van der Waals surface area contributed by atoms with E-state index in [1.165, 1.54) is 6.07 Å². The summed E-state index contributed by atoms with van der Waals surface area (Å²) in [6.45, 7) is 1.75. The summed E-state index contributed by atoms with van der Waals surface area (Å²) in [6, 6.07) is 15.1. The molecule has 1 aliphatic heterocycles. The van der Waals surface area contributed by atoms with Gasteiger partial charge in [0, 0.05) is 26.2 Å². The van der Waals surface area contributed by atoms with E-state index in [9.17, 15) is 14.3 Å². The Bertz CT molecular complexity index is 796. The Kier molecular flexibility index (Phi) is 4.96. The second-order valence-corrected chi connectivity index (χ2v) is 5.90. The number of piperazine rings is 1. The lowest BCUT2D eigenvalue weighted by molar-refractivity contribution is -0.140. The van der Waals surface area contributed by atoms with Gasteiger partial charge in [0.1, 0.15) is 5.82 Å². The van der Waals surface area contributed by atoms with E-state index in [4.69, 9.17) is 5.26 Å². The molecule has 25 heavy (non-hydrogen) atoms. The fourth-order valence-corrected chi connectivity index (χ4v) is 2.95. The predicted octanol–water partition coefficient (Wildman–Crippen LogP) is 2.08. The van der Waals surface area contributed by atoms with Crippen LogP contribution in [0.3, 0.4) is 0 Å². The molecule has 5 nitrogen and oxygen atoms in total. The van der Waals surface area contributed by atoms with Crippen LogP contribution in [0.1, 0.15) is 17.2 Å². The van der Waals surface area contributed by atoms with Crippen LogP contribution in [0.5, 0.6) is 0 Å². The maximum atomic E-state index is 14.1. The largest absolute Gasteiger partial charge is 0.378 e. The standard InChI is InChI=1S/C19H18FN3O2/c20-16-12-14(13-21)6-7-17(16)22-8-10-23(11-9-22)19(25)18(24)15-4-2-1-3-5-15/h1-7,12,18,24H,8-11H2. The van der Waals surface area contributed by atoms with Crippen LogP contribution in [0.2, 0.25) is 0 Å². The fraction of sp³-hybridized carbons (Fsp3) is 0.263. The van der Waals surface area contributed by atoms with Crippen molar-refractivity contribution < 1.29 is 14.3 Å². The minimum atomic E-state index is -1.18. The van der Waals surface area contributed by atoms with Crippen LogP contribution < -0.4 is 4.90 Å². The predicted molar refractivity (Wildman–Crippen MR) is 91.3 cm³/mol. The lowest BCUT2D eigenvalue weighted by Gasteiger charge is -2.37. The second-order valence-electron chi connectivity index (χ2n) is 5.90. The first-order valence-corrected chi connectivity index (χ1v) is 8.06. The molecular weight excluding hydrogens is 321 g/mol. The van der Waals surface area contributed by atoms with Crippen molar-refractivity contribution in [2.75, 3.05) is 31.1 Å². The zero-order chi connectivity index (χ0) is 17.8. The van der Waals surface area contributed by atoms with Crippen molar-refractivity contribution in [3.63, 3.8) is 0 Å². The topological polar surface area (TPSA) is 67.6 Å². The monoisotopic (exact) mass is 339 g/mol. The van der Waals surface area contributed by atoms with Gasteiger partial charge in [-0.15, -0.1) is 0 Å². The quantitative estimate of drug-likeness (QED) is 0.930. The molecule has 2 aromatic rings. The van der Waals surface area contributed by atoms with E-state index in [1.54, 1.807) is 41.3 Å². The van der Waals surface area contributed by atoms with Crippen LogP contribution >= 0.6 is 0 Å². The minimum Gasteiger partial charge on any atom is -0.378 e. The highest BCUT2D eigenvalue weighted by atomic mass is 19.1. The Morgan fingerprint density at radius 2 is 1.80 bits per heavy atom. The fourth-order valence-electron chi connectivity index (χ4n) is 2.95. The number of rotatable bonds is 3. The Morgan fingerprint density at radius 1 is 1.12 bits per heavy atom. The highest BCUT2D eigenvalue weighted by molar-refractivity contribution is 5.82. The highest BCUT2D eigenvalue weighted by Gasteiger charge is 2.27. The first-order chi connectivity index (χ1) is 12.1. The third-order valence-electron chi connectivity index (χ3n) is 4.36. The number of aliphatic hydroxyl groups is 1. The van der Waals surface area contributed by atoms with Crippen LogP contribution in [0, 0.1) is 17.1 Å². The SMILES string of the molecule is N#Cc1ccc(N2CCN(C(=O)C(O)c3ccccc3)CC2)c(F)c1. The molecule has 0 saturated carbocycles. The summed E-state index contributed by atoms with van der Waals surface area (Å²) in [5.41, 5.74) is 1.27. The third kappa shape index (κ3) is 3.62. The molecule has 0 bridgehead atoms. The van der Waals surface area contributed by atoms with Gasteiger partial charge in [0.2, 0.25) is 0 Å². The zero-order valence-corrected chi connectivity index (χ0v) is 13.6. The summed E-state index contributed by atoms with van der Waals surface area (Å²) in [6.07, 6.45) is -1.18. The van der Waals surface area contributed by atoms with Crippen LogP contribution in [0.25, 0.3) is 0 Å². The molecule has 0 radical (unpaired) electrons. The van der Waals surface area contributed by atoms with Gasteiger partial charge in [-0.25, -0.2) is 4.39 Å². The van der Waals surface area contributed by atoms with Gasteiger partial charge in [-0.1, -0.05) is 30.3 Å². The third-order valence-corrected chi connectivity index (χ3v) is 4.36. The first kappa shape index (κ1) is 16.9. The summed E-state index contributed by atoms with van der Waals surface area (Å²) in [7, 11) is 0. The zero-order valence-electron chi connectivity index (χ0n) is 13.6. The van der Waals surface area contributed by atoms with Gasteiger partial charge in [0.15, 0.2) is 6.10 Å². The van der Waals surface area contributed by atoms with Gasteiger partial charge >= 0.3 is 0 Å². The smallest absolute Gasteiger partial charge is 0.256 e. The molecule has 1 N–H and O–H groups in total. The highest BCUT2D eigenvalue weighted by Crippen LogP contribution is 2.23. The molecule has 2 aromatic carbocycles. The number of carbonyl (C=O) groups excluding carboxylic acids is 1. The minimum absolute atomic E-state index is 0.279. The molecule has 1 saturated heterocycles. The average Bonchev–Trinajstić information content (AvgIpc) is 2.67. The summed E-state index contributed by atoms with van der Waals surface area (Å²) in [5, 5.41) is 19.0. The molecule has 1 fully saturated rings. The number of carbonyl (C=O) groups is 1. The van der Waals surface area contributed by atoms with E-state index < -0.39 is 11.9 Å². The number of amides is 1. The molecule has 0 aromatic heterocycles. The Morgan fingerprint density at radius 3 is 2.40 bits per heavy atom. The lowest BCUT2D eigenvalue weighted by atomic mass is 10.1. The van der Waals surface area contributed by atoms with Crippen LogP contribution in [-0.2, 0) is 4.79 Å². The van der Waals surface area contributed by atoms with Crippen molar-refractivity contribution in [2.45, 2.75) is 6.10 Å². The summed E-state index contributed by atoms with van der Waals surface area (Å²) < 4.78 is 14.1. The van der Waals surface area contributed by atoms with Gasteiger partial charge in [0.05, 0.1) is 17.3 Å². The van der Waals surface area contributed by atoms with Crippen molar-refractivity contribution in [1.29, 1.82) is 5.26 Å². The second kappa shape index (κ2) is 7.32. The Balaban J connectivity index is 1.64. The molecule has 3 rings (SSSR count). The summed E-state index contributed by atoms with van der Waals surface area (Å²) in [4.78, 5) is 15.9. The van der Waals surface area contributed by atoms with Crippen molar-refractivity contribution in [1.82, 2.24) is 4.90 Å². The molecule has 1 aliphatic rings. The number of halogens is 1. The number of nitriles is 1. The van der Waals surface area contributed by atoms with E-state index in [1.807, 2.05) is 17.0 Å². The molecule has 128 valence electrons. The van der Waals surface area contributed by atoms with E-state index >= 15 is 0 Å². The summed E-state index contributed by atoms with van der Waals surface area (Å²) in [5.74, 6) is -0.783. The van der Waals surface area contributed by atoms with Crippen LogP contribution in [0.4, 0.5) is 10.1 Å². The van der Waals surface area contributed by atoms with Gasteiger partial charge < -0.3 is 14.9 Å². The molecule has 0 aliphatic carbocycles. The maximum Gasteiger partial charge on any atom is 0.256 e. The van der Waals surface area contributed by atoms with Gasteiger partial charge in [-0.05, 0) is 23.8 Å². The lowest BCUT2D eigenvalue weighted by Crippen LogP contribution is -2.50. The number of benzene rings is 2. The first-order valence-electron chi connectivity index (χ1n) is 8.06. The van der Waals surface area contributed by atoms with Crippen molar-refractivity contribution in [2.24, 2.45) is 0 Å². The molecule has 0 spiro atoms. The molecule has 1 heterocycles. The number of hydrogen-bond donors (Lipinski definition) is 1. The van der Waals surface area contributed by atoms with E-state index in [-0.39, 0.29) is 11.5 Å². The molecular formula is C19H18FN3O2. The van der Waals surface area contributed by atoms with Gasteiger partial charge in [-0.2, -0.15) is 5.26 Å². The number of hydrogen-bond acceptors (Lipinski definition) is 4. The van der Waals surface area contributed by atoms with Crippen LogP contribution in [-0.4, -0.2) is 42.1 Å². The molecule has 6 heteroatoms. The molecule has 1 atom stereocenters. The van der Waals surface area contributed by atoms with Crippen molar-refractivity contribution in [3.05, 3.63) is 65.5 Å². The summed E-state index contributed by atoms with van der Waals surface area (Å²) >= 11 is 0. The van der Waals surface area contributed by atoms with Gasteiger partial charge in [-0.3, -0.25) is 4.79 Å². The Labute approximate surface area is 145 Å². The molecule has 1 amide bonds. The van der Waals surface area contributed by atoms with E-state index in [0.717, 1.165) is 0 Å². The number of aliphatic hydroxyl groups excluding tert-OH is 1.